The Morgan fingerprint density at radius 3 is 2.47 bits per heavy atom. The molecule has 4 rings (SSSR count). The molecule has 0 aliphatic carbocycles. The molecule has 0 spiro atoms. The van der Waals surface area contributed by atoms with Crippen LogP contribution in [0.25, 0.3) is 0 Å². The molecule has 3 atom stereocenters. The van der Waals surface area contributed by atoms with Crippen LogP contribution in [-0.2, 0) is 29.8 Å². The first-order valence-electron chi connectivity index (χ1n) is 11.5. The van der Waals surface area contributed by atoms with Gasteiger partial charge in [0.2, 0.25) is 0 Å². The molecule has 2 aromatic heterocycles. The molecule has 4 heterocycles. The van der Waals surface area contributed by atoms with Crippen molar-refractivity contribution in [1.29, 1.82) is 0 Å². The zero-order valence-corrected chi connectivity index (χ0v) is 21.5. The zero-order chi connectivity index (χ0) is 24.5. The van der Waals surface area contributed by atoms with Crippen LogP contribution in [-0.4, -0.2) is 64.3 Å². The van der Waals surface area contributed by atoms with Gasteiger partial charge in [-0.3, -0.25) is 0 Å². The van der Waals surface area contributed by atoms with Gasteiger partial charge < -0.3 is 18.8 Å². The molecule has 0 saturated carbocycles. The fourth-order valence-electron chi connectivity index (χ4n) is 4.64. The molecule has 2 aliphatic heterocycles. The Morgan fingerprint density at radius 1 is 1.21 bits per heavy atom. The van der Waals surface area contributed by atoms with Gasteiger partial charge in [0.1, 0.15) is 23.8 Å². The van der Waals surface area contributed by atoms with E-state index < -0.39 is 21.2 Å². The molecule has 0 amide bonds. The number of halogens is 1. The van der Waals surface area contributed by atoms with Crippen molar-refractivity contribution in [1.82, 2.24) is 24.7 Å². The summed E-state index contributed by atoms with van der Waals surface area (Å²) in [6.07, 6.45) is 5.04. The van der Waals surface area contributed by atoms with Gasteiger partial charge in [0.15, 0.2) is 21.5 Å². The van der Waals surface area contributed by atoms with Gasteiger partial charge in [-0.1, -0.05) is 11.6 Å². The summed E-state index contributed by atoms with van der Waals surface area (Å²) in [5, 5.41) is 8.22. The average molecular weight is 514 g/mol. The van der Waals surface area contributed by atoms with Crippen LogP contribution in [0.1, 0.15) is 82.2 Å². The van der Waals surface area contributed by atoms with E-state index in [0.717, 1.165) is 25.7 Å². The topological polar surface area (TPSA) is 118 Å². The number of ether oxygens (including phenoxy) is 3. The molecule has 0 unspecified atom stereocenters. The summed E-state index contributed by atoms with van der Waals surface area (Å²) in [4.78, 5) is 8.31. The summed E-state index contributed by atoms with van der Waals surface area (Å²) >= 11 is 5.88. The molecule has 2 aromatic rings. The van der Waals surface area contributed by atoms with E-state index in [1.807, 2.05) is 4.57 Å². The van der Waals surface area contributed by atoms with Crippen LogP contribution >= 0.6 is 11.6 Å². The van der Waals surface area contributed by atoms with Crippen molar-refractivity contribution in [3.63, 3.8) is 0 Å². The molecule has 34 heavy (non-hydrogen) atoms. The number of hydrogen-bond acceptors (Lipinski definition) is 9. The normalized spacial score (nSPS) is 23.1. The van der Waals surface area contributed by atoms with E-state index in [9.17, 15) is 8.42 Å². The van der Waals surface area contributed by atoms with E-state index in [1.165, 1.54) is 19.5 Å². The summed E-state index contributed by atoms with van der Waals surface area (Å²) in [5.74, 6) is 1.09. The van der Waals surface area contributed by atoms with Gasteiger partial charge in [0.25, 0.3) is 0 Å². The van der Waals surface area contributed by atoms with Crippen molar-refractivity contribution in [3.05, 3.63) is 34.9 Å². The summed E-state index contributed by atoms with van der Waals surface area (Å²) in [7, 11) is -2.27. The van der Waals surface area contributed by atoms with Crippen molar-refractivity contribution >= 4 is 21.4 Å². The van der Waals surface area contributed by atoms with Crippen LogP contribution in [0.5, 0.6) is 0 Å². The predicted molar refractivity (Wildman–Crippen MR) is 125 cm³/mol. The Hall–Kier alpha value is -1.66. The lowest BCUT2D eigenvalue weighted by molar-refractivity contribution is -0.0234. The standard InChI is InChI=1S/C22H32ClN5O5S/c1-14(19(31-4)20-24-11-15(23)12-25-20)34(29,30)13-18-26-27-21(17-5-8-22(2,3)33-17)28(18)16-6-9-32-10-7-16/h11-12,14,16-17,19H,5-10,13H2,1-4H3/t14-,17+,19-/m0/s1. The molecule has 12 heteroatoms. The van der Waals surface area contributed by atoms with Gasteiger partial charge in [-0.2, -0.15) is 0 Å². The SMILES string of the molecule is CO[C@H](c1ncc(Cl)cn1)[C@H](C)S(=O)(=O)Cc1nnc([C@H]2CCC(C)(C)O2)n1C1CCOCC1. The first kappa shape index (κ1) is 25.4. The molecule has 0 radical (unpaired) electrons. The lowest BCUT2D eigenvalue weighted by atomic mass is 10.0. The molecule has 2 fully saturated rings. The van der Waals surface area contributed by atoms with Crippen molar-refractivity contribution in [2.45, 2.75) is 81.3 Å². The Kier molecular flexibility index (Phi) is 7.58. The fourth-order valence-corrected chi connectivity index (χ4v) is 6.16. The zero-order valence-electron chi connectivity index (χ0n) is 20.0. The second-order valence-corrected chi connectivity index (χ2v) is 12.3. The first-order valence-corrected chi connectivity index (χ1v) is 13.6. The number of sulfone groups is 1. The monoisotopic (exact) mass is 513 g/mol. The number of aromatic nitrogens is 5. The second-order valence-electron chi connectivity index (χ2n) is 9.52. The minimum atomic E-state index is -3.71. The molecular weight excluding hydrogens is 482 g/mol. The third-order valence-corrected chi connectivity index (χ3v) is 8.81. The van der Waals surface area contributed by atoms with Crippen LogP contribution in [0.2, 0.25) is 5.02 Å². The summed E-state index contributed by atoms with van der Waals surface area (Å²) in [6.45, 7) is 6.93. The van der Waals surface area contributed by atoms with Crippen LogP contribution in [0, 0.1) is 0 Å². The van der Waals surface area contributed by atoms with E-state index in [1.54, 1.807) is 6.92 Å². The Labute approximate surface area is 205 Å². The summed E-state index contributed by atoms with van der Waals surface area (Å²) in [6, 6.07) is 0.0596. The molecule has 0 bridgehead atoms. The quantitative estimate of drug-likeness (QED) is 0.523. The maximum absolute atomic E-state index is 13.5. The molecule has 2 aliphatic rings. The van der Waals surface area contributed by atoms with Crippen molar-refractivity contribution in [2.24, 2.45) is 0 Å². The molecule has 2 saturated heterocycles. The van der Waals surface area contributed by atoms with E-state index >= 15 is 0 Å². The highest BCUT2D eigenvalue weighted by Crippen LogP contribution is 2.40. The van der Waals surface area contributed by atoms with Crippen LogP contribution in [0.15, 0.2) is 12.4 Å². The number of hydrogen-bond donors (Lipinski definition) is 0. The maximum Gasteiger partial charge on any atom is 0.163 e. The van der Waals surface area contributed by atoms with E-state index in [-0.39, 0.29) is 29.3 Å². The average Bonchev–Trinajstić information content (AvgIpc) is 3.38. The second kappa shape index (κ2) is 10.1. The lowest BCUT2D eigenvalue weighted by Gasteiger charge is -2.28. The largest absolute Gasteiger partial charge is 0.381 e. The van der Waals surface area contributed by atoms with Crippen LogP contribution in [0.4, 0.5) is 0 Å². The Morgan fingerprint density at radius 2 is 1.88 bits per heavy atom. The summed E-state index contributed by atoms with van der Waals surface area (Å²) in [5.41, 5.74) is -0.248. The first-order chi connectivity index (χ1) is 16.1. The molecule has 188 valence electrons. The third-order valence-electron chi connectivity index (χ3n) is 6.58. The Balaban J connectivity index is 1.63. The highest BCUT2D eigenvalue weighted by atomic mass is 35.5. The van der Waals surface area contributed by atoms with Gasteiger partial charge in [-0.15, -0.1) is 10.2 Å². The number of methoxy groups -OCH3 is 1. The van der Waals surface area contributed by atoms with Gasteiger partial charge in [-0.25, -0.2) is 18.4 Å². The minimum absolute atomic E-state index is 0.0596. The van der Waals surface area contributed by atoms with Gasteiger partial charge >= 0.3 is 0 Å². The molecule has 0 N–H and O–H groups in total. The highest BCUT2D eigenvalue weighted by Gasteiger charge is 2.39. The Bertz CT molecular complexity index is 1090. The third kappa shape index (κ3) is 5.43. The predicted octanol–water partition coefficient (Wildman–Crippen LogP) is 3.39. The van der Waals surface area contributed by atoms with Gasteiger partial charge in [0, 0.05) is 38.8 Å². The minimum Gasteiger partial charge on any atom is -0.381 e. The van der Waals surface area contributed by atoms with Gasteiger partial charge in [0.05, 0.1) is 15.9 Å². The van der Waals surface area contributed by atoms with E-state index in [0.29, 0.717) is 29.9 Å². The lowest BCUT2D eigenvalue weighted by Crippen LogP contribution is -2.31. The van der Waals surface area contributed by atoms with Crippen molar-refractivity contribution < 1.29 is 22.6 Å². The molecule has 10 nitrogen and oxygen atoms in total. The molecule has 0 aromatic carbocycles. The van der Waals surface area contributed by atoms with Crippen LogP contribution in [0.3, 0.4) is 0 Å². The van der Waals surface area contributed by atoms with Crippen molar-refractivity contribution in [3.8, 4) is 0 Å². The van der Waals surface area contributed by atoms with E-state index in [4.69, 9.17) is 25.8 Å². The smallest absolute Gasteiger partial charge is 0.163 e. The van der Waals surface area contributed by atoms with Crippen LogP contribution < -0.4 is 0 Å². The molecular formula is C22H32ClN5O5S. The highest BCUT2D eigenvalue weighted by molar-refractivity contribution is 7.91. The fraction of sp³-hybridized carbons (Fsp3) is 0.727. The number of nitrogens with zero attached hydrogens (tertiary/aromatic N) is 5. The summed E-state index contributed by atoms with van der Waals surface area (Å²) < 4.78 is 46.3. The van der Waals surface area contributed by atoms with E-state index in [2.05, 4.69) is 34.0 Å². The van der Waals surface area contributed by atoms with Crippen molar-refractivity contribution in [2.75, 3.05) is 20.3 Å². The maximum atomic E-state index is 13.5. The number of rotatable bonds is 8. The van der Waals surface area contributed by atoms with Gasteiger partial charge in [-0.05, 0) is 46.5 Å².